The molecule has 0 bridgehead atoms. The average molecular weight is 540 g/mol. The Morgan fingerprint density at radius 1 is 1.00 bits per heavy atom. The Bertz CT molecular complexity index is 1160. The topological polar surface area (TPSA) is 122 Å². The molecule has 204 valence electrons. The Hall–Kier alpha value is -4.16. The third-order valence-corrected chi connectivity index (χ3v) is 5.84. The zero-order valence-electron chi connectivity index (χ0n) is 19.9. The maximum Gasteiger partial charge on any atom is 0.410 e. The van der Waals surface area contributed by atoms with Crippen molar-refractivity contribution in [3.63, 3.8) is 0 Å². The first kappa shape index (κ1) is 28.4. The number of aliphatic carboxylic acids is 1. The Morgan fingerprint density at radius 3 is 2.18 bits per heavy atom. The van der Waals surface area contributed by atoms with E-state index >= 15 is 0 Å². The highest BCUT2D eigenvalue weighted by molar-refractivity contribution is 5.93. The fourth-order valence-corrected chi connectivity index (χ4v) is 3.77. The first-order valence-corrected chi connectivity index (χ1v) is 11.5. The summed E-state index contributed by atoms with van der Waals surface area (Å²) in [6, 6.07) is 7.35. The van der Waals surface area contributed by atoms with Crippen molar-refractivity contribution >= 4 is 23.8 Å². The number of likely N-dealkylation sites (tertiary alicyclic amines) is 1. The van der Waals surface area contributed by atoms with Gasteiger partial charge in [-0.2, -0.15) is 8.78 Å². The van der Waals surface area contributed by atoms with Crippen molar-refractivity contribution in [3.05, 3.63) is 65.2 Å². The third-order valence-electron chi connectivity index (χ3n) is 5.84. The lowest BCUT2D eigenvalue weighted by molar-refractivity contribution is -0.141. The van der Waals surface area contributed by atoms with Gasteiger partial charge in [-0.3, -0.25) is 14.4 Å². The molecular weight excluding hydrogens is 516 g/mol. The molecule has 2 aromatic rings. The molecule has 0 spiro atoms. The Balaban J connectivity index is 1.53. The van der Waals surface area contributed by atoms with Gasteiger partial charge >= 0.3 is 12.1 Å². The van der Waals surface area contributed by atoms with Crippen LogP contribution in [0.3, 0.4) is 0 Å². The number of hydrogen-bond donors (Lipinski definition) is 2. The summed E-state index contributed by atoms with van der Waals surface area (Å²) in [4.78, 5) is 50.1. The minimum Gasteiger partial charge on any atom is -0.481 e. The van der Waals surface area contributed by atoms with E-state index in [1.54, 1.807) is 24.3 Å². The van der Waals surface area contributed by atoms with Crippen molar-refractivity contribution < 1.29 is 51.3 Å². The fraction of sp³-hybridized carbons (Fsp3) is 0.360. The largest absolute Gasteiger partial charge is 0.481 e. The van der Waals surface area contributed by atoms with Crippen molar-refractivity contribution in [3.8, 4) is 5.75 Å². The molecule has 0 radical (unpaired) electrons. The quantitative estimate of drug-likeness (QED) is 0.351. The SMILES string of the molecule is O=C(O)C[C@H](NC(=O)C1CCN(C(=O)OCc2ccccc2)CC1)C(=O)COc1c(F)c(F)cc(F)c1F. The number of benzene rings is 2. The first-order valence-electron chi connectivity index (χ1n) is 11.5. The van der Waals surface area contributed by atoms with Crippen molar-refractivity contribution in [2.45, 2.75) is 31.9 Å². The summed E-state index contributed by atoms with van der Waals surface area (Å²) in [6.07, 6.45) is -1.02. The second-order valence-electron chi connectivity index (χ2n) is 8.51. The zero-order chi connectivity index (χ0) is 27.8. The second-order valence-corrected chi connectivity index (χ2v) is 8.51. The molecule has 0 aliphatic carbocycles. The summed E-state index contributed by atoms with van der Waals surface area (Å²) < 4.78 is 64.1. The summed E-state index contributed by atoms with van der Waals surface area (Å²) in [5.41, 5.74) is 0.807. The van der Waals surface area contributed by atoms with Gasteiger partial charge in [-0.1, -0.05) is 30.3 Å². The van der Waals surface area contributed by atoms with E-state index < -0.39 is 77.8 Å². The van der Waals surface area contributed by atoms with Crippen LogP contribution in [0.15, 0.2) is 36.4 Å². The Kier molecular flexibility index (Phi) is 9.63. The van der Waals surface area contributed by atoms with Crippen LogP contribution < -0.4 is 10.1 Å². The smallest absolute Gasteiger partial charge is 0.410 e. The molecule has 1 saturated heterocycles. The highest BCUT2D eigenvalue weighted by atomic mass is 19.2. The Labute approximate surface area is 214 Å². The molecule has 1 aliphatic rings. The van der Waals surface area contributed by atoms with Gasteiger partial charge in [0.25, 0.3) is 0 Å². The normalized spacial score (nSPS) is 14.5. The van der Waals surface area contributed by atoms with Crippen LogP contribution >= 0.6 is 0 Å². The molecule has 1 atom stereocenters. The van der Waals surface area contributed by atoms with E-state index in [2.05, 4.69) is 10.1 Å². The number of rotatable bonds is 10. The molecule has 2 amide bonds. The van der Waals surface area contributed by atoms with E-state index in [4.69, 9.17) is 9.84 Å². The van der Waals surface area contributed by atoms with Gasteiger partial charge in [0, 0.05) is 25.1 Å². The molecule has 38 heavy (non-hydrogen) atoms. The molecule has 0 unspecified atom stereocenters. The number of hydrogen-bond acceptors (Lipinski definition) is 6. The predicted molar refractivity (Wildman–Crippen MR) is 122 cm³/mol. The van der Waals surface area contributed by atoms with Crippen LogP contribution in [0.1, 0.15) is 24.8 Å². The number of halogens is 4. The standard InChI is InChI=1S/C25H24F4N2O7/c26-16-10-17(27)22(29)23(21(16)28)37-13-19(32)18(11-20(33)34)30-24(35)15-6-8-31(9-7-15)25(36)38-12-14-4-2-1-3-5-14/h1-5,10,15,18H,6-9,11-13H2,(H,30,35)(H,33,34)/t18-/m0/s1. The van der Waals surface area contributed by atoms with Gasteiger partial charge in [0.05, 0.1) is 6.42 Å². The summed E-state index contributed by atoms with van der Waals surface area (Å²) in [5, 5.41) is 11.4. The minimum absolute atomic E-state index is 0.0406. The van der Waals surface area contributed by atoms with Crippen LogP contribution in [0, 0.1) is 29.2 Å². The van der Waals surface area contributed by atoms with Gasteiger partial charge in [-0.15, -0.1) is 0 Å². The number of carboxylic acid groups (broad SMARTS) is 1. The molecular formula is C25H24F4N2O7. The van der Waals surface area contributed by atoms with E-state index in [0.29, 0.717) is 0 Å². The molecule has 1 aliphatic heterocycles. The third kappa shape index (κ3) is 7.43. The van der Waals surface area contributed by atoms with Crippen molar-refractivity contribution in [1.29, 1.82) is 0 Å². The molecule has 2 aromatic carbocycles. The molecule has 3 rings (SSSR count). The first-order chi connectivity index (χ1) is 18.1. The second kappa shape index (κ2) is 12.9. The highest BCUT2D eigenvalue weighted by Gasteiger charge is 2.32. The van der Waals surface area contributed by atoms with Crippen LogP contribution in [0.4, 0.5) is 22.4 Å². The van der Waals surface area contributed by atoms with E-state index in [1.807, 2.05) is 6.07 Å². The Morgan fingerprint density at radius 2 is 1.61 bits per heavy atom. The lowest BCUT2D eigenvalue weighted by Gasteiger charge is -2.31. The van der Waals surface area contributed by atoms with Crippen LogP contribution in [0.2, 0.25) is 0 Å². The molecule has 2 N–H and O–H groups in total. The maximum absolute atomic E-state index is 13.8. The van der Waals surface area contributed by atoms with Gasteiger partial charge < -0.3 is 24.8 Å². The van der Waals surface area contributed by atoms with Crippen LogP contribution in [-0.2, 0) is 25.7 Å². The summed E-state index contributed by atoms with van der Waals surface area (Å²) in [7, 11) is 0. The molecule has 0 saturated carbocycles. The van der Waals surface area contributed by atoms with Gasteiger partial charge in [0.15, 0.2) is 23.2 Å². The predicted octanol–water partition coefficient (Wildman–Crippen LogP) is 3.20. The average Bonchev–Trinajstić information content (AvgIpc) is 2.90. The number of amides is 2. The lowest BCUT2D eigenvalue weighted by Crippen LogP contribution is -2.49. The van der Waals surface area contributed by atoms with Gasteiger partial charge in [-0.25, -0.2) is 13.6 Å². The number of carboxylic acids is 1. The number of ether oxygens (including phenoxy) is 2. The molecule has 1 fully saturated rings. The fourth-order valence-electron chi connectivity index (χ4n) is 3.77. The van der Waals surface area contributed by atoms with Gasteiger partial charge in [0.1, 0.15) is 19.3 Å². The van der Waals surface area contributed by atoms with E-state index in [-0.39, 0.29) is 38.6 Å². The number of Topliss-reactive ketones (excluding diaryl/α,β-unsaturated/α-hetero) is 1. The van der Waals surface area contributed by atoms with E-state index in [1.165, 1.54) is 4.90 Å². The zero-order valence-corrected chi connectivity index (χ0v) is 19.9. The number of piperidine rings is 1. The number of carbonyl (C=O) groups excluding carboxylic acids is 3. The van der Waals surface area contributed by atoms with Crippen LogP contribution in [0.25, 0.3) is 0 Å². The van der Waals surface area contributed by atoms with Crippen molar-refractivity contribution in [2.24, 2.45) is 5.92 Å². The molecule has 1 heterocycles. The summed E-state index contributed by atoms with van der Waals surface area (Å²) >= 11 is 0. The number of ketones is 1. The van der Waals surface area contributed by atoms with Crippen LogP contribution in [-0.4, -0.2) is 59.5 Å². The summed E-state index contributed by atoms with van der Waals surface area (Å²) in [6.45, 7) is -0.732. The lowest BCUT2D eigenvalue weighted by atomic mass is 9.95. The number of nitrogens with zero attached hydrogens (tertiary/aromatic N) is 1. The highest BCUT2D eigenvalue weighted by Crippen LogP contribution is 2.26. The monoisotopic (exact) mass is 540 g/mol. The molecule has 0 aromatic heterocycles. The summed E-state index contributed by atoms with van der Waals surface area (Å²) in [5.74, 6) is -12.6. The van der Waals surface area contributed by atoms with Crippen LogP contribution in [0.5, 0.6) is 5.75 Å². The van der Waals surface area contributed by atoms with Gasteiger partial charge in [-0.05, 0) is 18.4 Å². The van der Waals surface area contributed by atoms with Crippen molar-refractivity contribution in [1.82, 2.24) is 10.2 Å². The van der Waals surface area contributed by atoms with Gasteiger partial charge in [0.2, 0.25) is 17.5 Å². The van der Waals surface area contributed by atoms with E-state index in [0.717, 1.165) is 5.56 Å². The molecule has 13 heteroatoms. The number of carbonyl (C=O) groups is 4. The molecule has 9 nitrogen and oxygen atoms in total. The van der Waals surface area contributed by atoms with E-state index in [9.17, 15) is 36.7 Å². The number of nitrogens with one attached hydrogen (secondary N) is 1. The van der Waals surface area contributed by atoms with Crippen molar-refractivity contribution in [2.75, 3.05) is 19.7 Å². The minimum atomic E-state index is -1.87. The maximum atomic E-state index is 13.8.